The van der Waals surface area contributed by atoms with Crippen molar-refractivity contribution in [2.24, 2.45) is 5.92 Å². The van der Waals surface area contributed by atoms with Crippen molar-refractivity contribution in [2.45, 2.75) is 12.8 Å². The number of hydrogen-bond acceptors (Lipinski definition) is 11. The number of nitrogens with zero attached hydrogens (tertiary/aromatic N) is 9. The quantitative estimate of drug-likeness (QED) is 0.391. The maximum atomic E-state index is 11.6. The van der Waals surface area contributed by atoms with Crippen LogP contribution in [-0.4, -0.2) is 91.3 Å². The number of rotatable bonds is 6. The molecule has 3 N–H and O–H groups in total. The van der Waals surface area contributed by atoms with E-state index >= 15 is 0 Å². The zero-order valence-corrected chi connectivity index (χ0v) is 20.3. The van der Waals surface area contributed by atoms with Gasteiger partial charge in [0.05, 0.1) is 6.26 Å². The van der Waals surface area contributed by atoms with Gasteiger partial charge in [-0.05, 0) is 43.0 Å². The van der Waals surface area contributed by atoms with Gasteiger partial charge in [-0.1, -0.05) is 0 Å². The number of pyridine rings is 1. The summed E-state index contributed by atoms with van der Waals surface area (Å²) in [6.07, 6.45) is 5.39. The standard InChI is InChI=1S/C24H28N10O3/c25-22-28-23(29-24-27-19(30-34(22)24)18-6-3-13-37-18)33-8-2-4-16(15-33)14-31-9-11-32(12-10-31)20-17(21(35)36)5-1-7-26-20/h1,3,5-7,13,16H,2,4,8-12,14-15H2,(H,35,36)(H2,25,27,28,29,30). The van der Waals surface area contributed by atoms with E-state index in [1.807, 2.05) is 0 Å². The Labute approximate surface area is 212 Å². The van der Waals surface area contributed by atoms with Crippen molar-refractivity contribution in [1.29, 1.82) is 0 Å². The zero-order chi connectivity index (χ0) is 25.4. The van der Waals surface area contributed by atoms with Crippen LogP contribution in [0, 0.1) is 5.92 Å². The minimum atomic E-state index is -0.947. The van der Waals surface area contributed by atoms with Crippen LogP contribution in [0.1, 0.15) is 23.2 Å². The molecule has 4 aromatic rings. The van der Waals surface area contributed by atoms with Crippen LogP contribution in [-0.2, 0) is 0 Å². The van der Waals surface area contributed by atoms with E-state index in [1.54, 1.807) is 36.7 Å². The molecule has 2 aliphatic heterocycles. The van der Waals surface area contributed by atoms with Gasteiger partial charge in [0.25, 0.3) is 5.78 Å². The van der Waals surface area contributed by atoms with Crippen LogP contribution in [0.5, 0.6) is 0 Å². The van der Waals surface area contributed by atoms with Crippen molar-refractivity contribution in [1.82, 2.24) is 34.4 Å². The molecule has 4 aromatic heterocycles. The molecular formula is C24H28N10O3. The third-order valence-corrected chi connectivity index (χ3v) is 6.97. The third-order valence-electron chi connectivity index (χ3n) is 6.97. The topological polar surface area (TPSA) is 155 Å². The van der Waals surface area contributed by atoms with Gasteiger partial charge < -0.3 is 25.1 Å². The molecule has 2 aliphatic rings. The van der Waals surface area contributed by atoms with Gasteiger partial charge in [0.1, 0.15) is 11.4 Å². The van der Waals surface area contributed by atoms with Crippen molar-refractivity contribution in [3.63, 3.8) is 0 Å². The first-order valence-electron chi connectivity index (χ1n) is 12.4. The Kier molecular flexibility index (Phi) is 6.04. The molecule has 0 amide bonds. The number of carbonyl (C=O) groups is 1. The highest BCUT2D eigenvalue weighted by Gasteiger charge is 2.28. The number of carboxylic acid groups (broad SMARTS) is 1. The SMILES string of the molecule is Nc1nc(N2CCCC(CN3CCN(c4ncccc4C(=O)O)CC3)C2)nc2nc(-c3ccco3)nn12. The van der Waals surface area contributed by atoms with Crippen LogP contribution >= 0.6 is 0 Å². The largest absolute Gasteiger partial charge is 0.478 e. The Bertz CT molecular complexity index is 1400. The number of nitrogen functional groups attached to an aromatic ring is 1. The molecule has 0 aromatic carbocycles. The monoisotopic (exact) mass is 504 g/mol. The fourth-order valence-electron chi connectivity index (χ4n) is 5.16. The number of piperazine rings is 1. The Morgan fingerprint density at radius 2 is 1.95 bits per heavy atom. The molecule has 2 fully saturated rings. The van der Waals surface area contributed by atoms with Crippen LogP contribution in [0.15, 0.2) is 41.1 Å². The first kappa shape index (κ1) is 23.2. The molecule has 1 atom stereocenters. The lowest BCUT2D eigenvalue weighted by Crippen LogP contribution is -2.50. The molecule has 13 nitrogen and oxygen atoms in total. The smallest absolute Gasteiger partial charge is 0.339 e. The fourth-order valence-corrected chi connectivity index (χ4v) is 5.16. The van der Waals surface area contributed by atoms with E-state index in [0.29, 0.717) is 35.0 Å². The van der Waals surface area contributed by atoms with E-state index in [1.165, 1.54) is 4.52 Å². The molecule has 2 saturated heterocycles. The van der Waals surface area contributed by atoms with Gasteiger partial charge in [-0.3, -0.25) is 4.90 Å². The molecule has 0 saturated carbocycles. The van der Waals surface area contributed by atoms with E-state index in [9.17, 15) is 9.90 Å². The Balaban J connectivity index is 1.10. The molecule has 1 unspecified atom stereocenters. The van der Waals surface area contributed by atoms with Crippen LogP contribution in [0.3, 0.4) is 0 Å². The molecule has 6 heterocycles. The van der Waals surface area contributed by atoms with E-state index < -0.39 is 5.97 Å². The predicted molar refractivity (Wildman–Crippen MR) is 135 cm³/mol. The second-order valence-corrected chi connectivity index (χ2v) is 9.43. The maximum Gasteiger partial charge on any atom is 0.339 e. The summed E-state index contributed by atoms with van der Waals surface area (Å²) in [7, 11) is 0. The van der Waals surface area contributed by atoms with Crippen molar-refractivity contribution >= 4 is 29.5 Å². The van der Waals surface area contributed by atoms with E-state index in [-0.39, 0.29) is 11.5 Å². The van der Waals surface area contributed by atoms with Gasteiger partial charge >= 0.3 is 5.97 Å². The summed E-state index contributed by atoms with van der Waals surface area (Å²) in [5, 5.41) is 13.9. The number of carboxylic acids is 1. The number of hydrogen-bond donors (Lipinski definition) is 2. The highest BCUT2D eigenvalue weighted by molar-refractivity contribution is 5.93. The Hall–Kier alpha value is -4.26. The molecule has 0 spiro atoms. The first-order chi connectivity index (χ1) is 18.0. The summed E-state index contributed by atoms with van der Waals surface area (Å²) < 4.78 is 6.83. The van der Waals surface area contributed by atoms with Crippen LogP contribution in [0.2, 0.25) is 0 Å². The minimum Gasteiger partial charge on any atom is -0.478 e. The normalized spacial score (nSPS) is 19.0. The fraction of sp³-hybridized carbons (Fsp3) is 0.417. The minimum absolute atomic E-state index is 0.235. The van der Waals surface area contributed by atoms with Crippen molar-refractivity contribution in [2.75, 3.05) is 61.3 Å². The first-order valence-corrected chi connectivity index (χ1v) is 12.4. The number of aromatic nitrogens is 6. The van der Waals surface area contributed by atoms with Gasteiger partial charge in [0.15, 0.2) is 5.76 Å². The number of anilines is 3. The molecule has 0 radical (unpaired) electrons. The zero-order valence-electron chi connectivity index (χ0n) is 20.3. The molecule has 37 heavy (non-hydrogen) atoms. The lowest BCUT2D eigenvalue weighted by Gasteiger charge is -2.39. The molecule has 0 bridgehead atoms. The van der Waals surface area contributed by atoms with Crippen LogP contribution in [0.25, 0.3) is 17.4 Å². The third kappa shape index (κ3) is 4.65. The predicted octanol–water partition coefficient (Wildman–Crippen LogP) is 1.49. The number of nitrogens with two attached hydrogens (primary N) is 1. The van der Waals surface area contributed by atoms with Gasteiger partial charge in [-0.15, -0.1) is 5.10 Å². The summed E-state index contributed by atoms with van der Waals surface area (Å²) >= 11 is 0. The second kappa shape index (κ2) is 9.65. The molecule has 6 rings (SSSR count). The summed E-state index contributed by atoms with van der Waals surface area (Å²) in [6, 6.07) is 6.84. The molecule has 13 heteroatoms. The molecular weight excluding hydrogens is 476 g/mol. The number of furan rings is 1. The number of piperidine rings is 1. The van der Waals surface area contributed by atoms with E-state index in [2.05, 4.69) is 39.7 Å². The number of aromatic carboxylic acids is 1. The molecule has 192 valence electrons. The summed E-state index contributed by atoms with van der Waals surface area (Å²) in [5.41, 5.74) is 6.45. The summed E-state index contributed by atoms with van der Waals surface area (Å²) in [5.74, 6) is 2.22. The van der Waals surface area contributed by atoms with Gasteiger partial charge in [-0.25, -0.2) is 9.78 Å². The Morgan fingerprint density at radius 3 is 2.73 bits per heavy atom. The second-order valence-electron chi connectivity index (χ2n) is 9.43. The lowest BCUT2D eigenvalue weighted by atomic mass is 9.97. The van der Waals surface area contributed by atoms with Crippen LogP contribution < -0.4 is 15.5 Å². The van der Waals surface area contributed by atoms with E-state index in [0.717, 1.165) is 58.7 Å². The van der Waals surface area contributed by atoms with Crippen molar-refractivity contribution in [3.05, 3.63) is 42.3 Å². The molecule has 0 aliphatic carbocycles. The van der Waals surface area contributed by atoms with Crippen molar-refractivity contribution in [3.8, 4) is 11.6 Å². The highest BCUT2D eigenvalue weighted by atomic mass is 16.4. The Morgan fingerprint density at radius 1 is 1.08 bits per heavy atom. The summed E-state index contributed by atoms with van der Waals surface area (Å²) in [6.45, 7) is 5.86. The average Bonchev–Trinajstić information content (AvgIpc) is 3.60. The van der Waals surface area contributed by atoms with Gasteiger partial charge in [-0.2, -0.15) is 19.5 Å². The maximum absolute atomic E-state index is 11.6. The highest BCUT2D eigenvalue weighted by Crippen LogP contribution is 2.25. The van der Waals surface area contributed by atoms with Crippen LogP contribution in [0.4, 0.5) is 17.7 Å². The lowest BCUT2D eigenvalue weighted by molar-refractivity contribution is 0.0697. The summed E-state index contributed by atoms with van der Waals surface area (Å²) in [4.78, 5) is 36.2. The van der Waals surface area contributed by atoms with Gasteiger partial charge in [0.2, 0.25) is 17.7 Å². The van der Waals surface area contributed by atoms with E-state index in [4.69, 9.17) is 10.2 Å². The number of fused-ring (bicyclic) bond motifs is 1. The van der Waals surface area contributed by atoms with Gasteiger partial charge in [0, 0.05) is 52.0 Å². The van der Waals surface area contributed by atoms with Crippen molar-refractivity contribution < 1.29 is 14.3 Å². The average molecular weight is 505 g/mol.